The molecular weight excluding hydrogens is 817 g/mol. The van der Waals surface area contributed by atoms with Crippen LogP contribution < -0.4 is 5.19 Å². The van der Waals surface area contributed by atoms with Crippen molar-refractivity contribution in [2.45, 2.75) is 67.0 Å². The Balaban J connectivity index is 0.000000217. The van der Waals surface area contributed by atoms with Crippen molar-refractivity contribution in [1.29, 1.82) is 0 Å². The van der Waals surface area contributed by atoms with Crippen molar-refractivity contribution in [1.82, 2.24) is 9.97 Å². The Kier molecular flexibility index (Phi) is 10.3. The summed E-state index contributed by atoms with van der Waals surface area (Å²) in [5.74, 6) is -0.148. The molecule has 3 nitrogen and oxygen atoms in total. The van der Waals surface area contributed by atoms with Crippen molar-refractivity contribution in [2.75, 3.05) is 0 Å². The van der Waals surface area contributed by atoms with E-state index >= 15 is 0 Å². The van der Waals surface area contributed by atoms with Gasteiger partial charge in [-0.15, -0.1) is 54.1 Å². The summed E-state index contributed by atoms with van der Waals surface area (Å²) in [6, 6.07) is 40.0. The largest absolute Gasteiger partial charge is 0.501 e. The van der Waals surface area contributed by atoms with E-state index in [4.69, 9.17) is 9.90 Å². The van der Waals surface area contributed by atoms with Crippen LogP contribution in [0, 0.1) is 23.5 Å². The number of nitrogens with zero attached hydrogens (tertiary/aromatic N) is 2. The molecule has 0 bridgehead atoms. The summed E-state index contributed by atoms with van der Waals surface area (Å²) in [6.07, 6.45) is 0.689. The van der Waals surface area contributed by atoms with Gasteiger partial charge in [0.15, 0.2) is 0 Å². The van der Waals surface area contributed by atoms with Gasteiger partial charge in [0.2, 0.25) is 0 Å². The Morgan fingerprint density at radius 1 is 0.784 bits per heavy atom. The fourth-order valence-corrected chi connectivity index (χ4v) is 7.39. The van der Waals surface area contributed by atoms with Gasteiger partial charge in [0, 0.05) is 43.4 Å². The Bertz CT molecular complexity index is 2400. The van der Waals surface area contributed by atoms with E-state index in [1.165, 1.54) is 0 Å². The molecule has 3 heterocycles. The van der Waals surface area contributed by atoms with Gasteiger partial charge in [-0.3, -0.25) is 0 Å². The number of hydrogen-bond donors (Lipinski definition) is 0. The smallest absolute Gasteiger partial charge is 0.121 e. The van der Waals surface area contributed by atoms with Crippen molar-refractivity contribution >= 4 is 35.2 Å². The molecule has 0 unspecified atom stereocenters. The number of benzene rings is 4. The first kappa shape index (κ1) is 32.7. The van der Waals surface area contributed by atoms with Crippen LogP contribution >= 0.6 is 0 Å². The van der Waals surface area contributed by atoms with Crippen LogP contribution in [-0.4, -0.2) is 18.0 Å². The van der Waals surface area contributed by atoms with Gasteiger partial charge in [-0.25, -0.2) is 0 Å². The molecule has 7 aromatic rings. The van der Waals surface area contributed by atoms with Gasteiger partial charge in [-0.2, -0.15) is 0 Å². The fourth-order valence-electron chi connectivity index (χ4n) is 5.99. The minimum atomic E-state index is -1.70. The molecule has 0 aliphatic carbocycles. The molecule has 0 amide bonds. The van der Waals surface area contributed by atoms with Crippen LogP contribution in [0.25, 0.3) is 55.6 Å². The summed E-state index contributed by atoms with van der Waals surface area (Å²) in [5.41, 5.74) is 7.78. The molecule has 0 N–H and O–H groups in total. The second-order valence-electron chi connectivity index (χ2n) is 15.0. The van der Waals surface area contributed by atoms with Gasteiger partial charge in [-0.05, 0) is 63.9 Å². The predicted molar refractivity (Wildman–Crippen MR) is 214 cm³/mol. The van der Waals surface area contributed by atoms with E-state index in [0.717, 1.165) is 60.6 Å². The zero-order valence-corrected chi connectivity index (χ0v) is 34.1. The molecule has 0 spiro atoms. The number of hydrogen-bond acceptors (Lipinski definition) is 3. The van der Waals surface area contributed by atoms with Gasteiger partial charge in [0.05, 0.1) is 13.7 Å². The number of rotatable bonds is 7. The number of fused-ring (bicyclic) bond motifs is 3. The molecule has 4 aromatic carbocycles. The fraction of sp³-hybridized carbons (Fsp3) is 0.261. The van der Waals surface area contributed by atoms with E-state index in [2.05, 4.69) is 72.1 Å². The molecule has 0 fully saturated rings. The van der Waals surface area contributed by atoms with Crippen molar-refractivity contribution in [3.8, 4) is 33.6 Å². The summed E-state index contributed by atoms with van der Waals surface area (Å²) in [4.78, 5) is 9.12. The molecule has 0 saturated heterocycles. The first-order valence-electron chi connectivity index (χ1n) is 19.3. The molecule has 7 rings (SSSR count). The van der Waals surface area contributed by atoms with Gasteiger partial charge < -0.3 is 14.4 Å². The van der Waals surface area contributed by atoms with Crippen molar-refractivity contribution in [3.05, 3.63) is 139 Å². The first-order valence-corrected chi connectivity index (χ1v) is 20.8. The van der Waals surface area contributed by atoms with Crippen molar-refractivity contribution in [2.24, 2.45) is 11.3 Å². The van der Waals surface area contributed by atoms with Gasteiger partial charge >= 0.3 is 0 Å². The summed E-state index contributed by atoms with van der Waals surface area (Å²) in [5, 5.41) is 3.14. The van der Waals surface area contributed by atoms with Gasteiger partial charge in [0.25, 0.3) is 0 Å². The first-order chi connectivity index (χ1) is 25.4. The SMILES string of the molecule is [2H]C([2H])(c1cc(-c2[c-]cccc2)ncc1[Si](C)(C)C)C(C)(C)C.[2H]C([2H])(c1ccnc(-c2[c-]ccc3c2oc2cc(-c4ccccc4)ccc23)c1)C(C)C.[Ir]. The second-order valence-corrected chi connectivity index (χ2v) is 20.1. The van der Waals surface area contributed by atoms with E-state index in [1.807, 2.05) is 108 Å². The van der Waals surface area contributed by atoms with Gasteiger partial charge in [0.1, 0.15) is 5.58 Å². The predicted octanol–water partition coefficient (Wildman–Crippen LogP) is 12.0. The summed E-state index contributed by atoms with van der Waals surface area (Å²) < 4.78 is 40.7. The third-order valence-electron chi connectivity index (χ3n) is 8.22. The minimum Gasteiger partial charge on any atom is -0.501 e. The van der Waals surface area contributed by atoms with Crippen molar-refractivity contribution < 1.29 is 30.0 Å². The molecule has 0 saturated carbocycles. The molecule has 5 heteroatoms. The normalized spacial score (nSPS) is 13.4. The van der Waals surface area contributed by atoms with Crippen LogP contribution in [0.15, 0.2) is 120 Å². The zero-order valence-electron chi connectivity index (χ0n) is 34.7. The third kappa shape index (κ3) is 9.40. The van der Waals surface area contributed by atoms with Crippen LogP contribution in [0.5, 0.6) is 0 Å². The number of aromatic nitrogens is 2. The maximum Gasteiger partial charge on any atom is 0.121 e. The molecule has 0 aliphatic rings. The van der Waals surface area contributed by atoms with Crippen LogP contribution in [0.1, 0.15) is 51.2 Å². The average molecular weight is 869 g/mol. The molecule has 1 radical (unpaired) electrons. The molecule has 51 heavy (non-hydrogen) atoms. The maximum absolute atomic E-state index is 8.75. The van der Waals surface area contributed by atoms with Gasteiger partial charge in [-0.1, -0.05) is 131 Å². The Morgan fingerprint density at radius 3 is 2.24 bits per heavy atom. The monoisotopic (exact) mass is 869 g/mol. The zero-order chi connectivity index (χ0) is 39.1. The van der Waals surface area contributed by atoms with Crippen LogP contribution in [0.4, 0.5) is 0 Å². The van der Waals surface area contributed by atoms with E-state index in [0.29, 0.717) is 11.3 Å². The Labute approximate surface area is 324 Å². The maximum atomic E-state index is 8.75. The molecule has 263 valence electrons. The van der Waals surface area contributed by atoms with Crippen LogP contribution in [0.3, 0.4) is 0 Å². The quantitative estimate of drug-likeness (QED) is 0.118. The molecular formula is C46H48IrN2OSi-2. The topological polar surface area (TPSA) is 38.9 Å². The van der Waals surface area contributed by atoms with Crippen LogP contribution in [0.2, 0.25) is 19.6 Å². The van der Waals surface area contributed by atoms with E-state index in [9.17, 15) is 0 Å². The summed E-state index contributed by atoms with van der Waals surface area (Å²) in [7, 11) is -1.70. The Morgan fingerprint density at radius 2 is 1.55 bits per heavy atom. The van der Waals surface area contributed by atoms with E-state index in [1.54, 1.807) is 12.3 Å². The molecule has 3 aromatic heterocycles. The summed E-state index contributed by atoms with van der Waals surface area (Å²) >= 11 is 0. The second kappa shape index (κ2) is 16.0. The minimum absolute atomic E-state index is 0. The van der Waals surface area contributed by atoms with E-state index in [-0.39, 0.29) is 26.0 Å². The number of pyridine rings is 2. The number of furan rings is 1. The van der Waals surface area contributed by atoms with Crippen molar-refractivity contribution in [3.63, 3.8) is 0 Å². The third-order valence-corrected chi connectivity index (χ3v) is 10.2. The standard InChI is InChI=1S/C27H22NO.C19H26NSi.Ir/c1-18(2)15-19-13-14-28-25(16-19)24-10-6-9-23-22-12-11-21(17-26(22)29-27(23)24)20-7-4-3-5-8-20;1-19(2,3)13-16-12-17(15-10-8-7-9-11-15)20-14-18(16)21(4,5)6;/h3-9,11-14,16-18H,15H2,1-2H3;7-10,12,14H,13H2,1-6H3;/q2*-1;/i15D2;13D2;. The van der Waals surface area contributed by atoms with E-state index < -0.39 is 26.2 Å². The summed E-state index contributed by atoms with van der Waals surface area (Å²) in [6.45, 7) is 16.3. The molecule has 0 aliphatic heterocycles. The molecule has 0 atom stereocenters. The average Bonchev–Trinajstić information content (AvgIpc) is 3.53. The van der Waals surface area contributed by atoms with Crippen LogP contribution in [-0.2, 0) is 32.9 Å². The Hall–Kier alpha value is -4.15.